The van der Waals surface area contributed by atoms with Gasteiger partial charge in [-0.3, -0.25) is 4.98 Å². The first-order chi connectivity index (χ1) is 20.1. The van der Waals surface area contributed by atoms with E-state index in [1.807, 2.05) is 37.3 Å². The number of pyridine rings is 1. The molecule has 0 saturated heterocycles. The van der Waals surface area contributed by atoms with E-state index >= 15 is 0 Å². The molecule has 5 nitrogen and oxygen atoms in total. The number of fused-ring (bicyclic) bond motifs is 1. The Kier molecular flexibility index (Phi) is 9.19. The van der Waals surface area contributed by atoms with Crippen LogP contribution in [0.25, 0.3) is 44.8 Å². The van der Waals surface area contributed by atoms with Crippen molar-refractivity contribution in [3.05, 3.63) is 96.4 Å². The fourth-order valence-electron chi connectivity index (χ4n) is 5.18. The predicted octanol–water partition coefficient (Wildman–Crippen LogP) is 9.11. The molecule has 3 aromatic carbocycles. The molecule has 0 atom stereocenters. The van der Waals surface area contributed by atoms with Crippen molar-refractivity contribution in [1.82, 2.24) is 14.5 Å². The topological polar surface area (TPSA) is 57.0 Å². The molecular weight excluding hydrogens is 513 g/mol. The molecule has 0 fully saturated rings. The third-order valence-electron chi connectivity index (χ3n) is 7.36. The molecule has 0 unspecified atom stereocenters. The molecule has 0 saturated carbocycles. The summed E-state index contributed by atoms with van der Waals surface area (Å²) < 4.78 is 20.8. The number of halogens is 1. The maximum absolute atomic E-state index is 13.3. The number of hydrogen-bond acceptors (Lipinski definition) is 4. The van der Waals surface area contributed by atoms with Crippen LogP contribution in [0.3, 0.4) is 0 Å². The summed E-state index contributed by atoms with van der Waals surface area (Å²) >= 11 is 0. The van der Waals surface area contributed by atoms with Crippen LogP contribution in [-0.2, 0) is 11.3 Å². The average molecular weight is 550 g/mol. The van der Waals surface area contributed by atoms with Gasteiger partial charge in [0.25, 0.3) is 0 Å². The molecule has 0 bridgehead atoms. The fraction of sp³-hybridized carbons (Fsp3) is 0.286. The first-order valence-corrected chi connectivity index (χ1v) is 14.6. The van der Waals surface area contributed by atoms with E-state index in [0.717, 1.165) is 57.8 Å². The van der Waals surface area contributed by atoms with Crippen molar-refractivity contribution in [3.8, 4) is 33.8 Å². The highest BCUT2D eigenvalue weighted by atomic mass is 19.1. The van der Waals surface area contributed by atoms with Gasteiger partial charge in [-0.05, 0) is 60.9 Å². The number of nitrogens with zero attached hydrogens (tertiary/aromatic N) is 3. The Bertz CT molecular complexity index is 1610. The first-order valence-electron chi connectivity index (χ1n) is 14.6. The number of rotatable bonds is 12. The van der Waals surface area contributed by atoms with Crippen molar-refractivity contribution in [2.24, 2.45) is 0 Å². The normalized spacial score (nSPS) is 11.2. The minimum Gasteiger partial charge on any atom is -0.462 e. The number of aryl methyl sites for hydroxylation is 1. The Hall–Kier alpha value is -4.32. The van der Waals surface area contributed by atoms with Gasteiger partial charge in [0.05, 0.1) is 35.1 Å². The zero-order valence-electron chi connectivity index (χ0n) is 23.8. The highest BCUT2D eigenvalue weighted by molar-refractivity contribution is 5.94. The van der Waals surface area contributed by atoms with Crippen LogP contribution < -0.4 is 0 Å². The zero-order chi connectivity index (χ0) is 28.6. The van der Waals surface area contributed by atoms with E-state index in [2.05, 4.69) is 52.9 Å². The van der Waals surface area contributed by atoms with Gasteiger partial charge in [-0.1, -0.05) is 81.5 Å². The second kappa shape index (κ2) is 13.4. The molecule has 210 valence electrons. The summed E-state index contributed by atoms with van der Waals surface area (Å²) in [5.41, 5.74) is 7.14. The monoisotopic (exact) mass is 549 g/mol. The Labute approximate surface area is 241 Å². The third kappa shape index (κ3) is 6.71. The third-order valence-corrected chi connectivity index (χ3v) is 7.36. The SMILES string of the molecule is CCCCCCCCn1c(-c2ccc(-c3cccc(-c4ccc(F)cn4)c3)cc2)nc2cc(C(=O)OCC)ccc21. The summed E-state index contributed by atoms with van der Waals surface area (Å²) in [6.45, 7) is 5.25. The van der Waals surface area contributed by atoms with E-state index in [9.17, 15) is 9.18 Å². The molecule has 0 N–H and O–H groups in total. The zero-order valence-corrected chi connectivity index (χ0v) is 23.8. The molecular formula is C35H36FN3O2. The maximum Gasteiger partial charge on any atom is 0.338 e. The summed E-state index contributed by atoms with van der Waals surface area (Å²) in [5, 5.41) is 0. The largest absolute Gasteiger partial charge is 0.462 e. The minimum atomic E-state index is -0.347. The van der Waals surface area contributed by atoms with E-state index in [4.69, 9.17) is 9.72 Å². The van der Waals surface area contributed by atoms with Crippen molar-refractivity contribution < 1.29 is 13.9 Å². The molecule has 5 aromatic rings. The van der Waals surface area contributed by atoms with Crippen molar-refractivity contribution in [1.29, 1.82) is 0 Å². The van der Waals surface area contributed by atoms with Gasteiger partial charge in [0.2, 0.25) is 0 Å². The molecule has 41 heavy (non-hydrogen) atoms. The minimum absolute atomic E-state index is 0.330. The molecule has 2 heterocycles. The van der Waals surface area contributed by atoms with Crippen LogP contribution in [0, 0.1) is 5.82 Å². The Morgan fingerprint density at radius 3 is 2.32 bits per heavy atom. The van der Waals surface area contributed by atoms with E-state index < -0.39 is 0 Å². The van der Waals surface area contributed by atoms with Gasteiger partial charge in [0.15, 0.2) is 0 Å². The molecule has 0 aliphatic carbocycles. The lowest BCUT2D eigenvalue weighted by molar-refractivity contribution is 0.0526. The summed E-state index contributed by atoms with van der Waals surface area (Å²) in [6, 6.07) is 25.3. The smallest absolute Gasteiger partial charge is 0.338 e. The quantitative estimate of drug-likeness (QED) is 0.115. The second-order valence-electron chi connectivity index (χ2n) is 10.3. The van der Waals surface area contributed by atoms with Crippen LogP contribution in [0.5, 0.6) is 0 Å². The van der Waals surface area contributed by atoms with Gasteiger partial charge in [0.1, 0.15) is 11.6 Å². The number of benzene rings is 3. The molecule has 0 radical (unpaired) electrons. The molecule has 5 rings (SSSR count). The Morgan fingerprint density at radius 2 is 1.56 bits per heavy atom. The molecule has 0 aliphatic heterocycles. The van der Waals surface area contributed by atoms with Crippen LogP contribution in [0.15, 0.2) is 85.1 Å². The van der Waals surface area contributed by atoms with Crippen LogP contribution in [0.1, 0.15) is 62.7 Å². The van der Waals surface area contributed by atoms with Crippen molar-refractivity contribution in [3.63, 3.8) is 0 Å². The second-order valence-corrected chi connectivity index (χ2v) is 10.3. The highest BCUT2D eigenvalue weighted by Crippen LogP contribution is 2.30. The van der Waals surface area contributed by atoms with Crippen LogP contribution >= 0.6 is 0 Å². The number of ether oxygens (including phenoxy) is 1. The standard InChI is InChI=1S/C35H36FN3O2/c1-3-5-6-7-8-9-21-39-33-20-17-29(35(40)41-4-2)23-32(33)38-34(39)26-15-13-25(14-16-26)27-11-10-12-28(22-27)31-19-18-30(36)24-37-31/h10-20,22-24H,3-9,21H2,1-2H3. The molecule has 6 heteroatoms. The van der Waals surface area contributed by atoms with E-state index in [1.54, 1.807) is 6.07 Å². The van der Waals surface area contributed by atoms with Gasteiger partial charge < -0.3 is 9.30 Å². The summed E-state index contributed by atoms with van der Waals surface area (Å²) in [5.74, 6) is 0.217. The van der Waals surface area contributed by atoms with Gasteiger partial charge in [-0.15, -0.1) is 0 Å². The lowest BCUT2D eigenvalue weighted by Gasteiger charge is -2.11. The van der Waals surface area contributed by atoms with Gasteiger partial charge >= 0.3 is 5.97 Å². The predicted molar refractivity (Wildman–Crippen MR) is 163 cm³/mol. The molecule has 0 aliphatic rings. The number of unbranched alkanes of at least 4 members (excludes halogenated alkanes) is 5. The van der Waals surface area contributed by atoms with E-state index in [-0.39, 0.29) is 11.8 Å². The average Bonchev–Trinajstić information content (AvgIpc) is 3.37. The first kappa shape index (κ1) is 28.2. The van der Waals surface area contributed by atoms with Gasteiger partial charge in [-0.25, -0.2) is 14.2 Å². The molecule has 0 spiro atoms. The Balaban J connectivity index is 1.44. The fourth-order valence-corrected chi connectivity index (χ4v) is 5.18. The van der Waals surface area contributed by atoms with Crippen LogP contribution in [-0.4, -0.2) is 27.1 Å². The lowest BCUT2D eigenvalue weighted by atomic mass is 10.0. The van der Waals surface area contributed by atoms with E-state index in [1.165, 1.54) is 44.4 Å². The van der Waals surface area contributed by atoms with Gasteiger partial charge in [-0.2, -0.15) is 0 Å². The van der Waals surface area contributed by atoms with Crippen molar-refractivity contribution in [2.75, 3.05) is 6.61 Å². The Morgan fingerprint density at radius 1 is 0.805 bits per heavy atom. The number of carbonyl (C=O) groups excluding carboxylic acids is 1. The molecule has 2 aromatic heterocycles. The number of imidazole rings is 1. The summed E-state index contributed by atoms with van der Waals surface area (Å²) in [7, 11) is 0. The van der Waals surface area contributed by atoms with Crippen LogP contribution in [0.4, 0.5) is 4.39 Å². The number of aromatic nitrogens is 3. The van der Waals surface area contributed by atoms with Gasteiger partial charge in [0, 0.05) is 17.7 Å². The van der Waals surface area contributed by atoms with Crippen molar-refractivity contribution >= 4 is 17.0 Å². The maximum atomic E-state index is 13.3. The number of esters is 1. The molecule has 0 amide bonds. The summed E-state index contributed by atoms with van der Waals surface area (Å²) in [6.07, 6.45) is 8.53. The number of hydrogen-bond donors (Lipinski definition) is 0. The lowest BCUT2D eigenvalue weighted by Crippen LogP contribution is -2.04. The highest BCUT2D eigenvalue weighted by Gasteiger charge is 2.16. The van der Waals surface area contributed by atoms with Crippen LogP contribution in [0.2, 0.25) is 0 Å². The van der Waals surface area contributed by atoms with E-state index in [0.29, 0.717) is 12.2 Å². The van der Waals surface area contributed by atoms with Crippen molar-refractivity contribution in [2.45, 2.75) is 58.9 Å². The summed E-state index contributed by atoms with van der Waals surface area (Å²) in [4.78, 5) is 21.6. The number of carbonyl (C=O) groups is 1.